The first-order valence-corrected chi connectivity index (χ1v) is 4.76. The van der Waals surface area contributed by atoms with Gasteiger partial charge in [-0.25, -0.2) is 0 Å². The summed E-state index contributed by atoms with van der Waals surface area (Å²) in [5.41, 5.74) is 0. The molecule has 0 aromatic carbocycles. The lowest BCUT2D eigenvalue weighted by Crippen LogP contribution is -2.37. The summed E-state index contributed by atoms with van der Waals surface area (Å²) in [5.74, 6) is -0.522. The van der Waals surface area contributed by atoms with E-state index in [0.717, 1.165) is 6.92 Å². The Kier molecular flexibility index (Phi) is 6.35. The van der Waals surface area contributed by atoms with Crippen LogP contribution in [-0.4, -0.2) is 45.1 Å². The van der Waals surface area contributed by atoms with Gasteiger partial charge in [0.15, 0.2) is 6.10 Å². The van der Waals surface area contributed by atoms with Crippen molar-refractivity contribution in [3.8, 4) is 0 Å². The molecular formula is C9H16F3NO3. The quantitative estimate of drug-likeness (QED) is 0.710. The molecule has 0 spiro atoms. The molecule has 16 heavy (non-hydrogen) atoms. The van der Waals surface area contributed by atoms with Gasteiger partial charge in [-0.05, 0) is 20.4 Å². The van der Waals surface area contributed by atoms with Gasteiger partial charge in [0.05, 0.1) is 7.11 Å². The summed E-state index contributed by atoms with van der Waals surface area (Å²) < 4.78 is 45.2. The third kappa shape index (κ3) is 5.32. The number of esters is 1. The minimum absolute atomic E-state index is 0.129. The van der Waals surface area contributed by atoms with E-state index in [1.54, 1.807) is 0 Å². The van der Waals surface area contributed by atoms with E-state index < -0.39 is 24.3 Å². The Labute approximate surface area is 92.1 Å². The van der Waals surface area contributed by atoms with Gasteiger partial charge in [0.1, 0.15) is 6.04 Å². The van der Waals surface area contributed by atoms with E-state index >= 15 is 0 Å². The Morgan fingerprint density at radius 1 is 1.44 bits per heavy atom. The number of alkyl halides is 3. The van der Waals surface area contributed by atoms with Crippen LogP contribution in [0.5, 0.6) is 0 Å². The van der Waals surface area contributed by atoms with E-state index in [2.05, 4.69) is 14.8 Å². The second-order valence-electron chi connectivity index (χ2n) is 3.21. The van der Waals surface area contributed by atoms with E-state index in [1.807, 2.05) is 0 Å². The SMILES string of the molecule is CNC(CCOC(C)C(F)(F)F)C(=O)OC. The topological polar surface area (TPSA) is 47.6 Å². The van der Waals surface area contributed by atoms with Crippen LogP contribution in [0, 0.1) is 0 Å². The first-order chi connectivity index (χ1) is 7.32. The molecule has 0 radical (unpaired) electrons. The molecule has 0 aromatic rings. The third-order valence-electron chi connectivity index (χ3n) is 2.07. The second kappa shape index (κ2) is 6.70. The van der Waals surface area contributed by atoms with Gasteiger partial charge in [0, 0.05) is 6.61 Å². The highest BCUT2D eigenvalue weighted by atomic mass is 19.4. The average molecular weight is 243 g/mol. The van der Waals surface area contributed by atoms with Crippen LogP contribution in [0.15, 0.2) is 0 Å². The molecule has 0 rings (SSSR count). The van der Waals surface area contributed by atoms with Crippen LogP contribution < -0.4 is 5.32 Å². The number of likely N-dealkylation sites (N-methyl/N-ethyl adjacent to an activating group) is 1. The van der Waals surface area contributed by atoms with Crippen molar-refractivity contribution < 1.29 is 27.4 Å². The first kappa shape index (κ1) is 15.2. The fourth-order valence-electron chi connectivity index (χ4n) is 0.979. The standard InChI is InChI=1S/C9H16F3NO3/c1-6(9(10,11)12)16-5-4-7(13-2)8(14)15-3/h6-7,13H,4-5H2,1-3H3. The summed E-state index contributed by atoms with van der Waals surface area (Å²) in [5, 5.41) is 2.63. The summed E-state index contributed by atoms with van der Waals surface area (Å²) >= 11 is 0. The van der Waals surface area contributed by atoms with Gasteiger partial charge in [-0.3, -0.25) is 4.79 Å². The van der Waals surface area contributed by atoms with Gasteiger partial charge in [0.2, 0.25) is 0 Å². The Morgan fingerprint density at radius 3 is 2.38 bits per heavy atom. The summed E-state index contributed by atoms with van der Waals surface area (Å²) in [6.07, 6.45) is -6.08. The molecule has 0 saturated heterocycles. The van der Waals surface area contributed by atoms with Crippen LogP contribution in [-0.2, 0) is 14.3 Å². The number of hydrogen-bond acceptors (Lipinski definition) is 4. The molecule has 0 heterocycles. The molecular weight excluding hydrogens is 227 g/mol. The minimum atomic E-state index is -4.37. The monoisotopic (exact) mass is 243 g/mol. The van der Waals surface area contributed by atoms with Crippen molar-refractivity contribution in [1.29, 1.82) is 0 Å². The Morgan fingerprint density at radius 2 is 2.00 bits per heavy atom. The Hall–Kier alpha value is -0.820. The molecule has 0 saturated carbocycles. The maximum atomic E-state index is 12.0. The zero-order valence-corrected chi connectivity index (χ0v) is 9.43. The summed E-state index contributed by atoms with van der Waals surface area (Å²) in [6.45, 7) is 0.758. The lowest BCUT2D eigenvalue weighted by atomic mass is 10.2. The maximum Gasteiger partial charge on any atom is 0.414 e. The molecule has 7 heteroatoms. The Balaban J connectivity index is 3.92. The highest BCUT2D eigenvalue weighted by Crippen LogP contribution is 2.22. The number of halogens is 3. The van der Waals surface area contributed by atoms with Gasteiger partial charge in [-0.15, -0.1) is 0 Å². The fourth-order valence-corrected chi connectivity index (χ4v) is 0.979. The minimum Gasteiger partial charge on any atom is -0.468 e. The predicted molar refractivity (Wildman–Crippen MR) is 50.9 cm³/mol. The smallest absolute Gasteiger partial charge is 0.414 e. The Bertz CT molecular complexity index is 221. The van der Waals surface area contributed by atoms with Crippen LogP contribution >= 0.6 is 0 Å². The van der Waals surface area contributed by atoms with E-state index in [4.69, 9.17) is 0 Å². The van der Waals surface area contributed by atoms with E-state index in [9.17, 15) is 18.0 Å². The lowest BCUT2D eigenvalue weighted by molar-refractivity contribution is -0.214. The van der Waals surface area contributed by atoms with Gasteiger partial charge >= 0.3 is 12.1 Å². The number of hydrogen-bond donors (Lipinski definition) is 1. The number of rotatable bonds is 6. The van der Waals surface area contributed by atoms with Crippen molar-refractivity contribution in [1.82, 2.24) is 5.32 Å². The van der Waals surface area contributed by atoms with Crippen molar-refractivity contribution in [2.75, 3.05) is 20.8 Å². The number of methoxy groups -OCH3 is 1. The zero-order chi connectivity index (χ0) is 12.8. The van der Waals surface area contributed by atoms with Crippen molar-refractivity contribution in [2.24, 2.45) is 0 Å². The maximum absolute atomic E-state index is 12.0. The molecule has 0 aliphatic heterocycles. The molecule has 0 aliphatic carbocycles. The fraction of sp³-hybridized carbons (Fsp3) is 0.889. The van der Waals surface area contributed by atoms with Gasteiger partial charge < -0.3 is 14.8 Å². The number of carbonyl (C=O) groups excluding carboxylic acids is 1. The molecule has 2 unspecified atom stereocenters. The molecule has 0 aromatic heterocycles. The van der Waals surface area contributed by atoms with Crippen LogP contribution in [0.25, 0.3) is 0 Å². The highest BCUT2D eigenvalue weighted by molar-refractivity contribution is 5.75. The van der Waals surface area contributed by atoms with Crippen molar-refractivity contribution >= 4 is 5.97 Å². The van der Waals surface area contributed by atoms with Crippen LogP contribution in [0.2, 0.25) is 0 Å². The molecule has 0 aliphatic rings. The van der Waals surface area contributed by atoms with E-state index in [1.165, 1.54) is 14.2 Å². The van der Waals surface area contributed by atoms with E-state index in [0.29, 0.717) is 0 Å². The van der Waals surface area contributed by atoms with Crippen LogP contribution in [0.3, 0.4) is 0 Å². The largest absolute Gasteiger partial charge is 0.468 e. The molecule has 1 N–H and O–H groups in total. The third-order valence-corrected chi connectivity index (χ3v) is 2.07. The molecule has 0 bridgehead atoms. The molecule has 0 fully saturated rings. The van der Waals surface area contributed by atoms with Gasteiger partial charge in [-0.2, -0.15) is 13.2 Å². The average Bonchev–Trinajstić information content (AvgIpc) is 2.21. The summed E-state index contributed by atoms with van der Waals surface area (Å²) in [6, 6.07) is -0.648. The highest BCUT2D eigenvalue weighted by Gasteiger charge is 2.36. The van der Waals surface area contributed by atoms with Gasteiger partial charge in [-0.1, -0.05) is 0 Å². The van der Waals surface area contributed by atoms with Crippen molar-refractivity contribution in [2.45, 2.75) is 31.7 Å². The van der Waals surface area contributed by atoms with Crippen molar-refractivity contribution in [3.05, 3.63) is 0 Å². The molecule has 2 atom stereocenters. The van der Waals surface area contributed by atoms with E-state index in [-0.39, 0.29) is 13.0 Å². The summed E-state index contributed by atoms with van der Waals surface area (Å²) in [7, 11) is 2.74. The lowest BCUT2D eigenvalue weighted by Gasteiger charge is -2.18. The number of nitrogens with one attached hydrogen (secondary N) is 1. The number of ether oxygens (including phenoxy) is 2. The molecule has 4 nitrogen and oxygen atoms in total. The van der Waals surface area contributed by atoms with Crippen molar-refractivity contribution in [3.63, 3.8) is 0 Å². The normalized spacial score (nSPS) is 15.6. The summed E-state index contributed by atoms with van der Waals surface area (Å²) in [4.78, 5) is 11.1. The zero-order valence-electron chi connectivity index (χ0n) is 9.43. The molecule has 0 amide bonds. The first-order valence-electron chi connectivity index (χ1n) is 4.76. The van der Waals surface area contributed by atoms with Gasteiger partial charge in [0.25, 0.3) is 0 Å². The number of carbonyl (C=O) groups is 1. The molecule has 96 valence electrons. The van der Waals surface area contributed by atoms with Crippen LogP contribution in [0.4, 0.5) is 13.2 Å². The predicted octanol–water partition coefficient (Wildman–Crippen LogP) is 1.10. The second-order valence-corrected chi connectivity index (χ2v) is 3.21. The van der Waals surface area contributed by atoms with Crippen LogP contribution in [0.1, 0.15) is 13.3 Å².